The van der Waals surface area contributed by atoms with E-state index in [1.54, 1.807) is 13.0 Å². The Morgan fingerprint density at radius 1 is 1.29 bits per heavy atom. The summed E-state index contributed by atoms with van der Waals surface area (Å²) in [5.74, 6) is 3.28. The summed E-state index contributed by atoms with van der Waals surface area (Å²) in [5, 5.41) is 0. The first-order chi connectivity index (χ1) is 7.90. The van der Waals surface area contributed by atoms with Crippen LogP contribution < -0.4 is 0 Å². The number of ketones is 1. The maximum atomic E-state index is 11.1. The molecule has 2 aliphatic rings. The van der Waals surface area contributed by atoms with Gasteiger partial charge in [0.2, 0.25) is 0 Å². The van der Waals surface area contributed by atoms with Gasteiger partial charge in [0.15, 0.2) is 5.78 Å². The Morgan fingerprint density at radius 2 is 2.00 bits per heavy atom. The van der Waals surface area contributed by atoms with E-state index in [2.05, 4.69) is 26.8 Å². The highest BCUT2D eigenvalue weighted by atomic mass is 16.1. The molecule has 0 amide bonds. The summed E-state index contributed by atoms with van der Waals surface area (Å²) < 4.78 is 0. The lowest BCUT2D eigenvalue weighted by molar-refractivity contribution is -0.112. The van der Waals surface area contributed by atoms with Crippen LogP contribution in [0.2, 0.25) is 0 Å². The maximum absolute atomic E-state index is 11.1. The summed E-state index contributed by atoms with van der Waals surface area (Å²) in [6, 6.07) is 0. The smallest absolute Gasteiger partial charge is 0.152 e. The highest BCUT2D eigenvalue weighted by molar-refractivity contribution is 5.87. The van der Waals surface area contributed by atoms with Crippen LogP contribution in [0.3, 0.4) is 0 Å². The summed E-state index contributed by atoms with van der Waals surface area (Å²) in [6.45, 7) is 8.86. The maximum Gasteiger partial charge on any atom is 0.152 e. The predicted octanol–water partition coefficient (Wildman–Crippen LogP) is 4.23. The second kappa shape index (κ2) is 4.59. The monoisotopic (exact) mass is 234 g/mol. The van der Waals surface area contributed by atoms with Crippen LogP contribution in [0.25, 0.3) is 0 Å². The molecule has 0 N–H and O–H groups in total. The van der Waals surface area contributed by atoms with Gasteiger partial charge in [0.05, 0.1) is 0 Å². The number of carbonyl (C=O) groups is 1. The van der Waals surface area contributed by atoms with Crippen LogP contribution in [-0.4, -0.2) is 5.78 Å². The van der Waals surface area contributed by atoms with Crippen molar-refractivity contribution < 1.29 is 4.79 Å². The number of allylic oxidation sites excluding steroid dienone is 2. The third kappa shape index (κ3) is 2.64. The largest absolute Gasteiger partial charge is 0.295 e. The number of carbonyl (C=O) groups excluding carboxylic acids is 1. The topological polar surface area (TPSA) is 17.1 Å². The Bertz CT molecular complexity index is 326. The molecule has 17 heavy (non-hydrogen) atoms. The molecule has 0 aromatic carbocycles. The van der Waals surface area contributed by atoms with Gasteiger partial charge in [-0.2, -0.15) is 0 Å². The zero-order valence-corrected chi connectivity index (χ0v) is 11.7. The molecule has 4 atom stereocenters. The van der Waals surface area contributed by atoms with Gasteiger partial charge in [0.1, 0.15) is 0 Å². The lowest BCUT2D eigenvalue weighted by Crippen LogP contribution is -2.43. The lowest BCUT2D eigenvalue weighted by atomic mass is 9.53. The van der Waals surface area contributed by atoms with Gasteiger partial charge in [0.25, 0.3) is 0 Å². The van der Waals surface area contributed by atoms with Gasteiger partial charge in [-0.15, -0.1) is 0 Å². The molecule has 0 saturated heterocycles. The first kappa shape index (κ1) is 12.9. The van der Waals surface area contributed by atoms with Gasteiger partial charge in [0, 0.05) is 0 Å². The fourth-order valence-electron chi connectivity index (χ4n) is 4.10. The Kier molecular flexibility index (Phi) is 3.47. The normalized spacial score (nSPS) is 40.5. The number of rotatable bonds is 2. The van der Waals surface area contributed by atoms with Crippen LogP contribution in [-0.2, 0) is 4.79 Å². The van der Waals surface area contributed by atoms with Gasteiger partial charge < -0.3 is 0 Å². The van der Waals surface area contributed by atoms with Crippen molar-refractivity contribution in [2.75, 3.05) is 0 Å². The summed E-state index contributed by atoms with van der Waals surface area (Å²) in [7, 11) is 0. The highest BCUT2D eigenvalue weighted by Crippen LogP contribution is 2.54. The Morgan fingerprint density at radius 3 is 2.65 bits per heavy atom. The Hall–Kier alpha value is -0.590. The fraction of sp³-hybridized carbons (Fsp3) is 0.812. The molecule has 2 rings (SSSR count). The van der Waals surface area contributed by atoms with Crippen molar-refractivity contribution in [2.45, 2.75) is 53.4 Å². The fourth-order valence-corrected chi connectivity index (χ4v) is 4.10. The molecule has 2 fully saturated rings. The van der Waals surface area contributed by atoms with E-state index in [-0.39, 0.29) is 5.78 Å². The summed E-state index contributed by atoms with van der Waals surface area (Å²) >= 11 is 0. The minimum Gasteiger partial charge on any atom is -0.295 e. The molecule has 0 aromatic rings. The first-order valence-corrected chi connectivity index (χ1v) is 7.09. The summed E-state index contributed by atoms with van der Waals surface area (Å²) in [4.78, 5) is 11.1. The number of fused-ring (bicyclic) bond motifs is 2. The quantitative estimate of drug-likeness (QED) is 0.653. The highest BCUT2D eigenvalue weighted by Gasteiger charge is 2.45. The number of hydrogen-bond donors (Lipinski definition) is 0. The standard InChI is InChI=1S/C16H26O/c1-11-9-13-7-8-16(3,4)15(10-13)14(11)6-5-12(2)17/h5-6,11,13-15H,7-10H2,1-4H3/b6-5+. The molecule has 4 unspecified atom stereocenters. The summed E-state index contributed by atoms with van der Waals surface area (Å²) in [5.41, 5.74) is 0.455. The molecular formula is C16H26O. The van der Waals surface area contributed by atoms with Crippen molar-refractivity contribution in [3.8, 4) is 0 Å². The van der Waals surface area contributed by atoms with Crippen LogP contribution in [0, 0.1) is 29.1 Å². The van der Waals surface area contributed by atoms with E-state index in [1.807, 2.05) is 0 Å². The molecule has 2 aliphatic carbocycles. The Labute approximate surface area is 106 Å². The zero-order chi connectivity index (χ0) is 12.6. The molecule has 0 spiro atoms. The van der Waals surface area contributed by atoms with Crippen molar-refractivity contribution in [3.63, 3.8) is 0 Å². The first-order valence-electron chi connectivity index (χ1n) is 7.09. The van der Waals surface area contributed by atoms with Crippen molar-refractivity contribution in [1.82, 2.24) is 0 Å². The van der Waals surface area contributed by atoms with Crippen LogP contribution in [0.5, 0.6) is 0 Å². The predicted molar refractivity (Wildman–Crippen MR) is 71.7 cm³/mol. The molecule has 0 heterocycles. The van der Waals surface area contributed by atoms with Gasteiger partial charge in [-0.05, 0) is 67.8 Å². The van der Waals surface area contributed by atoms with Gasteiger partial charge >= 0.3 is 0 Å². The summed E-state index contributed by atoms with van der Waals surface area (Å²) in [6.07, 6.45) is 9.52. The molecule has 96 valence electrons. The Balaban J connectivity index is 2.20. The van der Waals surface area contributed by atoms with Crippen LogP contribution >= 0.6 is 0 Å². The van der Waals surface area contributed by atoms with Gasteiger partial charge in [-0.25, -0.2) is 0 Å². The molecule has 1 heteroatoms. The molecule has 2 bridgehead atoms. The lowest BCUT2D eigenvalue weighted by Gasteiger charge is -2.51. The third-order valence-corrected chi connectivity index (χ3v) is 5.17. The molecule has 2 saturated carbocycles. The van der Waals surface area contributed by atoms with Crippen LogP contribution in [0.4, 0.5) is 0 Å². The molecule has 1 nitrogen and oxygen atoms in total. The SMILES string of the molecule is CC(=O)/C=C/C1C(C)CC2CCC(C)(C)C1C2. The van der Waals surface area contributed by atoms with E-state index in [0.717, 1.165) is 17.8 Å². The molecule has 0 radical (unpaired) electrons. The van der Waals surface area contributed by atoms with Crippen LogP contribution in [0.1, 0.15) is 53.4 Å². The zero-order valence-electron chi connectivity index (χ0n) is 11.7. The second-order valence-electron chi connectivity index (χ2n) is 7.00. The second-order valence-corrected chi connectivity index (χ2v) is 7.00. The van der Waals surface area contributed by atoms with Gasteiger partial charge in [-0.1, -0.05) is 26.8 Å². The van der Waals surface area contributed by atoms with E-state index in [9.17, 15) is 4.79 Å². The third-order valence-electron chi connectivity index (χ3n) is 5.17. The van der Waals surface area contributed by atoms with E-state index in [0.29, 0.717) is 11.3 Å². The van der Waals surface area contributed by atoms with Crippen molar-refractivity contribution >= 4 is 5.78 Å². The minimum absolute atomic E-state index is 0.188. The average molecular weight is 234 g/mol. The average Bonchev–Trinajstić information content (AvgIpc) is 2.22. The van der Waals surface area contributed by atoms with E-state index in [1.165, 1.54) is 25.7 Å². The van der Waals surface area contributed by atoms with Crippen LogP contribution in [0.15, 0.2) is 12.2 Å². The van der Waals surface area contributed by atoms with E-state index < -0.39 is 0 Å². The van der Waals surface area contributed by atoms with Crippen molar-refractivity contribution in [2.24, 2.45) is 29.1 Å². The number of hydrogen-bond acceptors (Lipinski definition) is 1. The van der Waals surface area contributed by atoms with Crippen molar-refractivity contribution in [1.29, 1.82) is 0 Å². The van der Waals surface area contributed by atoms with Crippen molar-refractivity contribution in [3.05, 3.63) is 12.2 Å². The van der Waals surface area contributed by atoms with E-state index in [4.69, 9.17) is 0 Å². The molecule has 0 aliphatic heterocycles. The van der Waals surface area contributed by atoms with E-state index >= 15 is 0 Å². The molecule has 0 aromatic heterocycles. The molecular weight excluding hydrogens is 208 g/mol. The van der Waals surface area contributed by atoms with Gasteiger partial charge in [-0.3, -0.25) is 4.79 Å². The minimum atomic E-state index is 0.188.